The van der Waals surface area contributed by atoms with Gasteiger partial charge in [-0.2, -0.15) is 0 Å². The van der Waals surface area contributed by atoms with Gasteiger partial charge >= 0.3 is 0 Å². The molecule has 1 heterocycles. The second-order valence-corrected chi connectivity index (χ2v) is 5.66. The lowest BCUT2D eigenvalue weighted by molar-refractivity contribution is -0.129. The molecule has 4 nitrogen and oxygen atoms in total. The maximum atomic E-state index is 13.9. The van der Waals surface area contributed by atoms with Crippen molar-refractivity contribution in [2.75, 3.05) is 38.1 Å². The van der Waals surface area contributed by atoms with E-state index >= 15 is 0 Å². The number of nitrogens with one attached hydrogen (secondary N) is 1. The lowest BCUT2D eigenvalue weighted by Gasteiger charge is -2.37. The van der Waals surface area contributed by atoms with Gasteiger partial charge in [0.15, 0.2) is 0 Å². The van der Waals surface area contributed by atoms with Crippen LogP contribution in [0.5, 0.6) is 0 Å². The molecule has 0 saturated carbocycles. The summed E-state index contributed by atoms with van der Waals surface area (Å²) >= 11 is 0. The van der Waals surface area contributed by atoms with Gasteiger partial charge in [-0.05, 0) is 44.2 Å². The Morgan fingerprint density at radius 2 is 1.90 bits per heavy atom. The molecule has 0 aromatic heterocycles. The summed E-state index contributed by atoms with van der Waals surface area (Å²) in [6, 6.07) is 3.63. The molecule has 2 rings (SSSR count). The van der Waals surface area contributed by atoms with Crippen molar-refractivity contribution in [3.05, 3.63) is 29.1 Å². The minimum Gasteiger partial charge on any atom is -0.368 e. The van der Waals surface area contributed by atoms with Crippen molar-refractivity contribution in [3.63, 3.8) is 0 Å². The van der Waals surface area contributed by atoms with E-state index in [2.05, 4.69) is 10.2 Å². The largest absolute Gasteiger partial charge is 0.368 e. The van der Waals surface area contributed by atoms with Gasteiger partial charge in [-0.3, -0.25) is 4.79 Å². The molecule has 1 unspecified atom stereocenters. The summed E-state index contributed by atoms with van der Waals surface area (Å²) in [6.07, 6.45) is 0. The van der Waals surface area contributed by atoms with Crippen LogP contribution < -0.4 is 10.2 Å². The summed E-state index contributed by atoms with van der Waals surface area (Å²) in [5, 5.41) is 3.18. The average molecular weight is 293 g/mol. The molecule has 1 saturated heterocycles. The molecule has 1 aromatic rings. The van der Waals surface area contributed by atoms with Crippen LogP contribution in [0.1, 0.15) is 31.0 Å². The molecule has 1 N–H and O–H groups in total. The fourth-order valence-electron chi connectivity index (χ4n) is 2.72. The summed E-state index contributed by atoms with van der Waals surface area (Å²) in [5.41, 5.74) is 2.70. The van der Waals surface area contributed by atoms with E-state index in [1.165, 1.54) is 0 Å². The average Bonchev–Trinajstić information content (AvgIpc) is 2.48. The smallest absolute Gasteiger partial charge is 0.219 e. The van der Waals surface area contributed by atoms with Gasteiger partial charge in [0.05, 0.1) is 0 Å². The van der Waals surface area contributed by atoms with Gasteiger partial charge in [-0.25, -0.2) is 4.39 Å². The number of halogens is 1. The van der Waals surface area contributed by atoms with Crippen molar-refractivity contribution in [1.82, 2.24) is 10.2 Å². The molecule has 1 aromatic carbocycles. The highest BCUT2D eigenvalue weighted by molar-refractivity contribution is 5.73. The van der Waals surface area contributed by atoms with Gasteiger partial charge in [0.2, 0.25) is 5.91 Å². The zero-order chi connectivity index (χ0) is 15.6. The number of piperazine rings is 1. The molecule has 21 heavy (non-hydrogen) atoms. The molecule has 1 aliphatic rings. The third kappa shape index (κ3) is 3.35. The van der Waals surface area contributed by atoms with Crippen LogP contribution >= 0.6 is 0 Å². The number of carbonyl (C=O) groups excluding carboxylic acids is 1. The molecule has 0 bridgehead atoms. The maximum Gasteiger partial charge on any atom is 0.219 e. The van der Waals surface area contributed by atoms with Gasteiger partial charge in [0.1, 0.15) is 5.82 Å². The van der Waals surface area contributed by atoms with E-state index in [4.69, 9.17) is 0 Å². The van der Waals surface area contributed by atoms with Crippen molar-refractivity contribution in [2.45, 2.75) is 26.8 Å². The summed E-state index contributed by atoms with van der Waals surface area (Å²) in [6.45, 7) is 8.44. The Hall–Kier alpha value is -1.62. The number of anilines is 1. The Balaban J connectivity index is 2.27. The summed E-state index contributed by atoms with van der Waals surface area (Å²) in [7, 11) is 1.87. The lowest BCUT2D eigenvalue weighted by atomic mass is 10.0. The summed E-state index contributed by atoms with van der Waals surface area (Å²) in [5.74, 6) is -0.0491. The molecule has 1 aliphatic heterocycles. The molecular formula is C16H24FN3O. The Morgan fingerprint density at radius 1 is 1.29 bits per heavy atom. The normalized spacial score (nSPS) is 17.0. The quantitative estimate of drug-likeness (QED) is 0.927. The van der Waals surface area contributed by atoms with Gasteiger partial charge < -0.3 is 15.1 Å². The molecule has 0 spiro atoms. The number of rotatable bonds is 3. The fourth-order valence-corrected chi connectivity index (χ4v) is 2.72. The minimum atomic E-state index is -0.168. The van der Waals surface area contributed by atoms with Crippen LogP contribution in [-0.2, 0) is 4.79 Å². The molecule has 5 heteroatoms. The topological polar surface area (TPSA) is 35.6 Å². The Kier molecular flexibility index (Phi) is 4.83. The van der Waals surface area contributed by atoms with Crippen LogP contribution in [0.3, 0.4) is 0 Å². The first-order chi connectivity index (χ1) is 9.93. The zero-order valence-corrected chi connectivity index (χ0v) is 13.2. The molecule has 1 atom stereocenters. The second kappa shape index (κ2) is 6.43. The highest BCUT2D eigenvalue weighted by Crippen LogP contribution is 2.30. The molecule has 0 aliphatic carbocycles. The van der Waals surface area contributed by atoms with Crippen molar-refractivity contribution in [3.8, 4) is 0 Å². The minimum absolute atomic E-state index is 0.0842. The third-order valence-corrected chi connectivity index (χ3v) is 4.27. The first kappa shape index (κ1) is 15.8. The zero-order valence-electron chi connectivity index (χ0n) is 13.2. The molecule has 0 radical (unpaired) electrons. The van der Waals surface area contributed by atoms with Gasteiger partial charge in [-0.1, -0.05) is 0 Å². The SMILES string of the molecule is CNC(C)c1cc(F)c(C)cc1N1CCN(C(C)=O)CC1. The van der Waals surface area contributed by atoms with Crippen molar-refractivity contribution in [1.29, 1.82) is 0 Å². The Morgan fingerprint density at radius 3 is 2.43 bits per heavy atom. The number of carbonyl (C=O) groups is 1. The number of nitrogens with zero attached hydrogens (tertiary/aromatic N) is 2. The van der Waals surface area contributed by atoms with E-state index < -0.39 is 0 Å². The maximum absolute atomic E-state index is 13.9. The Labute approximate surface area is 125 Å². The predicted molar refractivity (Wildman–Crippen MR) is 83.1 cm³/mol. The van der Waals surface area contributed by atoms with E-state index in [1.54, 1.807) is 19.9 Å². The molecule has 1 amide bonds. The van der Waals surface area contributed by atoms with Crippen molar-refractivity contribution in [2.24, 2.45) is 0 Å². The highest BCUT2D eigenvalue weighted by atomic mass is 19.1. The number of hydrogen-bond donors (Lipinski definition) is 1. The Bertz CT molecular complexity index is 524. The molecular weight excluding hydrogens is 269 g/mol. The number of amides is 1. The lowest BCUT2D eigenvalue weighted by Crippen LogP contribution is -2.48. The van der Waals surface area contributed by atoms with Crippen LogP contribution in [0.2, 0.25) is 0 Å². The third-order valence-electron chi connectivity index (χ3n) is 4.27. The van der Waals surface area contributed by atoms with E-state index in [1.807, 2.05) is 24.9 Å². The van der Waals surface area contributed by atoms with E-state index in [0.29, 0.717) is 5.56 Å². The van der Waals surface area contributed by atoms with Crippen LogP contribution in [0.15, 0.2) is 12.1 Å². The van der Waals surface area contributed by atoms with Gasteiger partial charge in [0.25, 0.3) is 0 Å². The first-order valence-corrected chi connectivity index (χ1v) is 7.41. The van der Waals surface area contributed by atoms with Crippen LogP contribution in [-0.4, -0.2) is 44.0 Å². The van der Waals surface area contributed by atoms with E-state index in [9.17, 15) is 9.18 Å². The monoisotopic (exact) mass is 293 g/mol. The summed E-state index contributed by atoms with van der Waals surface area (Å²) < 4.78 is 13.9. The number of benzene rings is 1. The second-order valence-electron chi connectivity index (χ2n) is 5.66. The first-order valence-electron chi connectivity index (χ1n) is 7.41. The summed E-state index contributed by atoms with van der Waals surface area (Å²) in [4.78, 5) is 15.5. The van der Waals surface area contributed by atoms with Gasteiger partial charge in [0, 0.05) is 44.8 Å². The fraction of sp³-hybridized carbons (Fsp3) is 0.562. The van der Waals surface area contributed by atoms with Crippen LogP contribution in [0.4, 0.5) is 10.1 Å². The number of hydrogen-bond acceptors (Lipinski definition) is 3. The van der Waals surface area contributed by atoms with Crippen LogP contribution in [0.25, 0.3) is 0 Å². The number of aryl methyl sites for hydroxylation is 1. The van der Waals surface area contributed by atoms with Gasteiger partial charge in [-0.15, -0.1) is 0 Å². The van der Waals surface area contributed by atoms with Crippen molar-refractivity contribution >= 4 is 11.6 Å². The van der Waals surface area contributed by atoms with E-state index in [0.717, 1.165) is 37.4 Å². The molecule has 116 valence electrons. The van der Waals surface area contributed by atoms with E-state index in [-0.39, 0.29) is 17.8 Å². The predicted octanol–water partition coefficient (Wildman–Crippen LogP) is 2.08. The van der Waals surface area contributed by atoms with Crippen molar-refractivity contribution < 1.29 is 9.18 Å². The standard InChI is InChI=1S/C16H24FN3O/c1-11-9-16(14(10-15(11)17)12(2)18-4)20-7-5-19(6-8-20)13(3)21/h9-10,12,18H,5-8H2,1-4H3. The molecule has 1 fully saturated rings. The highest BCUT2D eigenvalue weighted by Gasteiger charge is 2.22. The van der Waals surface area contributed by atoms with Crippen LogP contribution in [0, 0.1) is 12.7 Å².